The van der Waals surface area contributed by atoms with Crippen LogP contribution in [-0.4, -0.2) is 30.9 Å². The van der Waals surface area contributed by atoms with Gasteiger partial charge in [0.05, 0.1) is 16.3 Å². The number of carbonyl (C=O) groups excluding carboxylic acids is 1. The van der Waals surface area contributed by atoms with Gasteiger partial charge >= 0.3 is 0 Å². The number of carbonyl (C=O) groups is 1. The fourth-order valence-electron chi connectivity index (χ4n) is 4.28. The van der Waals surface area contributed by atoms with Gasteiger partial charge in [0.25, 0.3) is 0 Å². The number of nitrogens with one attached hydrogen (secondary N) is 1. The first-order valence-corrected chi connectivity index (χ1v) is 13.3. The third-order valence-electron chi connectivity index (χ3n) is 5.97. The molecule has 3 heterocycles. The van der Waals surface area contributed by atoms with Crippen LogP contribution in [0.5, 0.6) is 0 Å². The molecule has 0 saturated heterocycles. The zero-order valence-corrected chi connectivity index (χ0v) is 21.4. The smallest absolute Gasteiger partial charge is 0.238 e. The van der Waals surface area contributed by atoms with E-state index < -0.39 is 5.25 Å². The molecule has 3 aromatic heterocycles. The molecule has 0 fully saturated rings. The molecule has 168 valence electrons. The molecule has 1 aliphatic carbocycles. The van der Waals surface area contributed by atoms with E-state index in [0.717, 1.165) is 57.8 Å². The number of nitriles is 1. The zero-order valence-electron chi connectivity index (χ0n) is 18.2. The maximum atomic E-state index is 13.1. The fraction of sp³-hybridized carbons (Fsp3) is 0.348. The van der Waals surface area contributed by atoms with Crippen molar-refractivity contribution in [2.24, 2.45) is 7.05 Å². The number of aryl methyl sites for hydroxylation is 2. The van der Waals surface area contributed by atoms with Crippen LogP contribution in [0, 0.1) is 11.3 Å². The summed E-state index contributed by atoms with van der Waals surface area (Å²) in [5.74, 6) is -0.137. The second-order valence-corrected chi connectivity index (χ2v) is 11.2. The third kappa shape index (κ3) is 4.03. The number of fused-ring (bicyclic) bond motifs is 4. The highest BCUT2D eigenvalue weighted by Crippen LogP contribution is 2.38. The lowest BCUT2D eigenvalue weighted by atomic mass is 9.96. The van der Waals surface area contributed by atoms with Crippen LogP contribution in [0.15, 0.2) is 27.8 Å². The van der Waals surface area contributed by atoms with Gasteiger partial charge in [0.2, 0.25) is 11.1 Å². The molecule has 1 aromatic carbocycles. The molecular weight excluding hydrogens is 520 g/mol. The minimum absolute atomic E-state index is 0.137. The molecule has 7 nitrogen and oxygen atoms in total. The largest absolute Gasteiger partial charge is 0.327 e. The molecule has 1 aliphatic rings. The number of thiophene rings is 1. The van der Waals surface area contributed by atoms with E-state index in [2.05, 4.69) is 37.5 Å². The van der Waals surface area contributed by atoms with Crippen LogP contribution < -0.4 is 5.32 Å². The Labute approximate surface area is 207 Å². The number of aromatic nitrogens is 4. The molecule has 4 aromatic rings. The molecular formula is C23H21BrN6OS2. The summed E-state index contributed by atoms with van der Waals surface area (Å²) in [5.41, 5.74) is 4.23. The van der Waals surface area contributed by atoms with Crippen molar-refractivity contribution in [1.29, 1.82) is 5.26 Å². The molecule has 1 atom stereocenters. The highest BCUT2D eigenvalue weighted by atomic mass is 79.9. The average Bonchev–Trinajstić information content (AvgIpc) is 3.31. The molecule has 1 amide bonds. The zero-order chi connectivity index (χ0) is 23.1. The van der Waals surface area contributed by atoms with Gasteiger partial charge in [-0.3, -0.25) is 4.79 Å². The molecule has 0 saturated carbocycles. The van der Waals surface area contributed by atoms with Crippen LogP contribution in [0.25, 0.3) is 22.1 Å². The van der Waals surface area contributed by atoms with E-state index in [1.165, 1.54) is 16.6 Å². The van der Waals surface area contributed by atoms with E-state index in [1.807, 2.05) is 36.7 Å². The van der Waals surface area contributed by atoms with Crippen molar-refractivity contribution in [3.8, 4) is 6.07 Å². The highest BCUT2D eigenvalue weighted by molar-refractivity contribution is 9.10. The van der Waals surface area contributed by atoms with Crippen LogP contribution in [0.1, 0.15) is 42.2 Å². The van der Waals surface area contributed by atoms with Crippen molar-refractivity contribution in [1.82, 2.24) is 19.7 Å². The van der Waals surface area contributed by atoms with E-state index in [4.69, 9.17) is 4.98 Å². The van der Waals surface area contributed by atoms with Crippen molar-refractivity contribution in [2.75, 3.05) is 5.32 Å². The number of benzene rings is 1. The van der Waals surface area contributed by atoms with Crippen molar-refractivity contribution >= 4 is 72.0 Å². The van der Waals surface area contributed by atoms with Gasteiger partial charge < -0.3 is 9.88 Å². The minimum atomic E-state index is -0.390. The molecule has 5 rings (SSSR count). The van der Waals surface area contributed by atoms with Crippen LogP contribution in [0.4, 0.5) is 5.00 Å². The molecule has 0 spiro atoms. The first-order chi connectivity index (χ1) is 16.0. The molecule has 33 heavy (non-hydrogen) atoms. The monoisotopic (exact) mass is 540 g/mol. The van der Waals surface area contributed by atoms with Crippen LogP contribution in [0.2, 0.25) is 0 Å². The lowest BCUT2D eigenvalue weighted by molar-refractivity contribution is -0.115. The quantitative estimate of drug-likeness (QED) is 0.331. The number of amides is 1. The van der Waals surface area contributed by atoms with Gasteiger partial charge in [0, 0.05) is 21.8 Å². The number of hydrogen-bond donors (Lipinski definition) is 1. The van der Waals surface area contributed by atoms with E-state index in [9.17, 15) is 10.1 Å². The Bertz CT molecular complexity index is 1440. The van der Waals surface area contributed by atoms with E-state index >= 15 is 0 Å². The van der Waals surface area contributed by atoms with Gasteiger partial charge in [0.15, 0.2) is 5.65 Å². The fourth-order valence-corrected chi connectivity index (χ4v) is 6.70. The maximum Gasteiger partial charge on any atom is 0.238 e. The Morgan fingerprint density at radius 1 is 1.36 bits per heavy atom. The number of anilines is 1. The van der Waals surface area contributed by atoms with E-state index in [-0.39, 0.29) is 5.91 Å². The second-order valence-electron chi connectivity index (χ2n) is 8.02. The average molecular weight is 542 g/mol. The molecule has 0 bridgehead atoms. The summed E-state index contributed by atoms with van der Waals surface area (Å²) < 4.78 is 2.96. The molecule has 0 unspecified atom stereocenters. The Morgan fingerprint density at radius 2 is 2.18 bits per heavy atom. The van der Waals surface area contributed by atoms with Gasteiger partial charge in [-0.1, -0.05) is 34.6 Å². The second kappa shape index (κ2) is 9.05. The number of rotatable bonds is 5. The van der Waals surface area contributed by atoms with Gasteiger partial charge in [-0.25, -0.2) is 4.98 Å². The Kier molecular flexibility index (Phi) is 6.12. The minimum Gasteiger partial charge on any atom is -0.327 e. The lowest BCUT2D eigenvalue weighted by Crippen LogP contribution is -2.24. The van der Waals surface area contributed by atoms with E-state index in [0.29, 0.717) is 22.1 Å². The maximum absolute atomic E-state index is 13.1. The molecule has 10 heteroatoms. The van der Waals surface area contributed by atoms with Crippen molar-refractivity contribution in [2.45, 2.75) is 49.4 Å². The first-order valence-electron chi connectivity index (χ1n) is 10.8. The highest BCUT2D eigenvalue weighted by Gasteiger charge is 2.26. The molecule has 1 N–H and O–H groups in total. The Morgan fingerprint density at radius 3 is 2.97 bits per heavy atom. The summed E-state index contributed by atoms with van der Waals surface area (Å²) in [6, 6.07) is 8.32. The number of thioether (sulfide) groups is 1. The van der Waals surface area contributed by atoms with Crippen LogP contribution in [0.3, 0.4) is 0 Å². The summed E-state index contributed by atoms with van der Waals surface area (Å²) >= 11 is 6.36. The number of halogens is 1. The molecule has 0 aliphatic heterocycles. The van der Waals surface area contributed by atoms with E-state index in [1.54, 1.807) is 11.3 Å². The summed E-state index contributed by atoms with van der Waals surface area (Å²) in [5, 5.41) is 23.1. The van der Waals surface area contributed by atoms with Crippen molar-refractivity contribution in [3.63, 3.8) is 0 Å². The first kappa shape index (κ1) is 22.3. The van der Waals surface area contributed by atoms with Gasteiger partial charge in [-0.2, -0.15) is 5.26 Å². The summed E-state index contributed by atoms with van der Waals surface area (Å²) in [6.07, 6.45) is 4.73. The molecule has 0 radical (unpaired) electrons. The predicted molar refractivity (Wildman–Crippen MR) is 136 cm³/mol. The van der Waals surface area contributed by atoms with Crippen molar-refractivity contribution < 1.29 is 4.79 Å². The number of hydrogen-bond acceptors (Lipinski definition) is 7. The van der Waals surface area contributed by atoms with Gasteiger partial charge in [0.1, 0.15) is 16.6 Å². The number of nitrogens with zero attached hydrogens (tertiary/aromatic N) is 5. The van der Waals surface area contributed by atoms with Gasteiger partial charge in [-0.15, -0.1) is 21.5 Å². The lowest BCUT2D eigenvalue weighted by Gasteiger charge is -2.13. The SMILES string of the molecule is CC[C@H](Sc1nnc2c3cc(Br)ccc3n(C)c2n1)C(=O)Nc1sc2c(c1C#N)CCCC2. The van der Waals surface area contributed by atoms with Crippen molar-refractivity contribution in [3.05, 3.63) is 38.7 Å². The summed E-state index contributed by atoms with van der Waals surface area (Å²) in [6.45, 7) is 1.96. The summed E-state index contributed by atoms with van der Waals surface area (Å²) in [4.78, 5) is 19.1. The predicted octanol–water partition coefficient (Wildman–Crippen LogP) is 5.60. The topological polar surface area (TPSA) is 96.5 Å². The standard InChI is InChI=1S/C23H21BrN6OS2/c1-3-17(21(31)27-22-15(11-25)13-6-4-5-7-18(13)32-22)33-23-26-20-19(28-29-23)14-10-12(24)8-9-16(14)30(20)2/h8-10,17H,3-7H2,1-2H3,(H,27,31)/t17-/m0/s1. The van der Waals surface area contributed by atoms with Gasteiger partial charge in [-0.05, 0) is 55.9 Å². The summed E-state index contributed by atoms with van der Waals surface area (Å²) in [7, 11) is 1.95. The van der Waals surface area contributed by atoms with Crippen LogP contribution >= 0.6 is 39.0 Å². The van der Waals surface area contributed by atoms with Crippen LogP contribution in [-0.2, 0) is 24.7 Å². The normalized spacial score (nSPS) is 14.2. The Hall–Kier alpha value is -2.48. The third-order valence-corrected chi connectivity index (χ3v) is 8.89. The Balaban J connectivity index is 1.40.